The molecule has 0 aliphatic rings. The van der Waals surface area contributed by atoms with Gasteiger partial charge in [-0.25, -0.2) is 0 Å². The lowest BCUT2D eigenvalue weighted by Crippen LogP contribution is -1.93. The van der Waals surface area contributed by atoms with Crippen LogP contribution in [0.2, 0.25) is 0 Å². The zero-order valence-electron chi connectivity index (χ0n) is 7.08. The SMILES string of the molecule is C/C(=N\OCC#CBr)c1cccs1. The van der Waals surface area contributed by atoms with E-state index < -0.39 is 0 Å². The summed E-state index contributed by atoms with van der Waals surface area (Å²) in [6.07, 6.45) is 0. The Morgan fingerprint density at radius 2 is 2.62 bits per heavy atom. The summed E-state index contributed by atoms with van der Waals surface area (Å²) in [4.78, 5) is 8.62. The maximum Gasteiger partial charge on any atom is 0.178 e. The maximum atomic E-state index is 4.95. The van der Waals surface area contributed by atoms with Crippen molar-refractivity contribution in [1.82, 2.24) is 0 Å². The topological polar surface area (TPSA) is 21.6 Å². The minimum Gasteiger partial charge on any atom is -0.382 e. The molecule has 0 fully saturated rings. The van der Waals surface area contributed by atoms with E-state index in [1.54, 1.807) is 11.3 Å². The zero-order valence-corrected chi connectivity index (χ0v) is 9.48. The molecule has 0 spiro atoms. The zero-order chi connectivity index (χ0) is 9.52. The Bertz CT molecular complexity index is 334. The van der Waals surface area contributed by atoms with Crippen LogP contribution >= 0.6 is 27.3 Å². The molecule has 4 heteroatoms. The van der Waals surface area contributed by atoms with Crippen LogP contribution in [0.5, 0.6) is 0 Å². The molecule has 13 heavy (non-hydrogen) atoms. The molecular weight excluding hydrogens is 250 g/mol. The van der Waals surface area contributed by atoms with Gasteiger partial charge in [0.15, 0.2) is 6.61 Å². The molecule has 0 aromatic carbocycles. The van der Waals surface area contributed by atoms with E-state index in [1.807, 2.05) is 24.4 Å². The standard InChI is InChI=1S/C9H8BrNOS/c1-8(9-4-2-7-13-9)11-12-6-3-5-10/h2,4,7H,6H2,1H3/b11-8+. The molecule has 1 heterocycles. The minimum absolute atomic E-state index is 0.313. The van der Waals surface area contributed by atoms with Gasteiger partial charge in [-0.15, -0.1) is 11.3 Å². The number of hydrogen-bond donors (Lipinski definition) is 0. The van der Waals surface area contributed by atoms with E-state index in [-0.39, 0.29) is 0 Å². The normalized spacial score (nSPS) is 10.5. The van der Waals surface area contributed by atoms with E-state index in [1.165, 1.54) is 0 Å². The van der Waals surface area contributed by atoms with Crippen molar-refractivity contribution in [2.75, 3.05) is 6.61 Å². The number of oxime groups is 1. The van der Waals surface area contributed by atoms with E-state index in [0.717, 1.165) is 10.6 Å². The Morgan fingerprint density at radius 3 is 3.23 bits per heavy atom. The average molecular weight is 258 g/mol. The number of hydrogen-bond acceptors (Lipinski definition) is 3. The molecular formula is C9H8BrNOS. The van der Waals surface area contributed by atoms with Gasteiger partial charge in [0.1, 0.15) is 0 Å². The molecule has 0 saturated carbocycles. The monoisotopic (exact) mass is 257 g/mol. The largest absolute Gasteiger partial charge is 0.382 e. The molecule has 0 aliphatic carbocycles. The molecule has 0 radical (unpaired) electrons. The van der Waals surface area contributed by atoms with Crippen molar-refractivity contribution < 1.29 is 4.84 Å². The predicted molar refractivity (Wildman–Crippen MR) is 59.2 cm³/mol. The number of thiophene rings is 1. The quantitative estimate of drug-likeness (QED) is 0.353. The summed E-state index contributed by atoms with van der Waals surface area (Å²) in [5.74, 6) is 2.69. The summed E-state index contributed by atoms with van der Waals surface area (Å²) in [7, 11) is 0. The van der Waals surface area contributed by atoms with Crippen LogP contribution in [0.3, 0.4) is 0 Å². The summed E-state index contributed by atoms with van der Waals surface area (Å²) < 4.78 is 0. The van der Waals surface area contributed by atoms with Crippen LogP contribution in [0.15, 0.2) is 22.7 Å². The van der Waals surface area contributed by atoms with Gasteiger partial charge in [-0.1, -0.05) is 11.2 Å². The molecule has 1 aromatic heterocycles. The third-order valence-electron chi connectivity index (χ3n) is 1.28. The van der Waals surface area contributed by atoms with Gasteiger partial charge >= 0.3 is 0 Å². The lowest BCUT2D eigenvalue weighted by Gasteiger charge is -1.94. The first-order chi connectivity index (χ1) is 6.34. The van der Waals surface area contributed by atoms with Crippen molar-refractivity contribution in [2.45, 2.75) is 6.92 Å². The molecule has 0 N–H and O–H groups in total. The van der Waals surface area contributed by atoms with Crippen molar-refractivity contribution in [3.8, 4) is 10.8 Å². The lowest BCUT2D eigenvalue weighted by molar-refractivity contribution is 0.180. The fourth-order valence-electron chi connectivity index (χ4n) is 0.718. The van der Waals surface area contributed by atoms with Gasteiger partial charge in [-0.3, -0.25) is 0 Å². The number of nitrogens with zero attached hydrogens (tertiary/aromatic N) is 1. The third-order valence-corrected chi connectivity index (χ3v) is 2.54. The first kappa shape index (κ1) is 10.3. The molecule has 68 valence electrons. The van der Waals surface area contributed by atoms with Crippen molar-refractivity contribution in [3.63, 3.8) is 0 Å². The Labute approximate surface area is 89.7 Å². The highest BCUT2D eigenvalue weighted by atomic mass is 79.9. The molecule has 0 aliphatic heterocycles. The van der Waals surface area contributed by atoms with E-state index in [9.17, 15) is 0 Å². The van der Waals surface area contributed by atoms with Gasteiger partial charge in [0.05, 0.1) is 10.6 Å². The number of halogens is 1. The Morgan fingerprint density at radius 1 is 1.77 bits per heavy atom. The van der Waals surface area contributed by atoms with Gasteiger partial charge in [0.2, 0.25) is 0 Å². The Kier molecular flexibility index (Phi) is 4.58. The Hall–Kier alpha value is -0.790. The first-order valence-electron chi connectivity index (χ1n) is 3.63. The maximum absolute atomic E-state index is 4.95. The highest BCUT2D eigenvalue weighted by Crippen LogP contribution is 2.09. The average Bonchev–Trinajstić information content (AvgIpc) is 2.65. The van der Waals surface area contributed by atoms with Crippen molar-refractivity contribution in [2.24, 2.45) is 5.16 Å². The molecule has 0 saturated heterocycles. The second-order valence-corrected chi connectivity index (χ2v) is 3.54. The first-order valence-corrected chi connectivity index (χ1v) is 5.31. The minimum atomic E-state index is 0.313. The predicted octanol–water partition coefficient (Wildman–Crippen LogP) is 2.84. The fraction of sp³-hybridized carbons (Fsp3) is 0.222. The summed E-state index contributed by atoms with van der Waals surface area (Å²) in [5, 5.41) is 5.91. The van der Waals surface area contributed by atoms with E-state index in [4.69, 9.17) is 4.84 Å². The molecule has 0 atom stereocenters. The molecule has 0 unspecified atom stereocenters. The van der Waals surface area contributed by atoms with Crippen LogP contribution in [0.25, 0.3) is 0 Å². The van der Waals surface area contributed by atoms with Gasteiger partial charge in [-0.2, -0.15) is 0 Å². The summed E-state index contributed by atoms with van der Waals surface area (Å²) in [5.41, 5.74) is 0.881. The van der Waals surface area contributed by atoms with Crippen molar-refractivity contribution in [3.05, 3.63) is 22.4 Å². The van der Waals surface area contributed by atoms with Crippen molar-refractivity contribution in [1.29, 1.82) is 0 Å². The van der Waals surface area contributed by atoms with Gasteiger partial charge in [0, 0.05) is 15.9 Å². The summed E-state index contributed by atoms with van der Waals surface area (Å²) >= 11 is 4.61. The van der Waals surface area contributed by atoms with Gasteiger partial charge in [-0.05, 0) is 29.1 Å². The number of rotatable bonds is 3. The molecule has 1 aromatic rings. The fourth-order valence-corrected chi connectivity index (χ4v) is 1.50. The summed E-state index contributed by atoms with van der Waals surface area (Å²) in [6, 6.07) is 3.99. The third kappa shape index (κ3) is 3.62. The van der Waals surface area contributed by atoms with E-state index in [0.29, 0.717) is 6.61 Å². The lowest BCUT2D eigenvalue weighted by atomic mass is 10.3. The second-order valence-electron chi connectivity index (χ2n) is 2.20. The second kappa shape index (κ2) is 5.79. The van der Waals surface area contributed by atoms with Crippen LogP contribution in [0.4, 0.5) is 0 Å². The molecule has 0 bridgehead atoms. The van der Waals surface area contributed by atoms with Gasteiger partial charge < -0.3 is 4.84 Å². The van der Waals surface area contributed by atoms with Gasteiger partial charge in [0.25, 0.3) is 0 Å². The van der Waals surface area contributed by atoms with Crippen LogP contribution in [-0.2, 0) is 4.84 Å². The molecule has 1 rings (SSSR count). The van der Waals surface area contributed by atoms with E-state index in [2.05, 4.69) is 31.8 Å². The van der Waals surface area contributed by atoms with Crippen molar-refractivity contribution >= 4 is 33.0 Å². The smallest absolute Gasteiger partial charge is 0.178 e. The highest BCUT2D eigenvalue weighted by Gasteiger charge is 1.96. The molecule has 2 nitrogen and oxygen atoms in total. The van der Waals surface area contributed by atoms with Crippen LogP contribution < -0.4 is 0 Å². The van der Waals surface area contributed by atoms with E-state index >= 15 is 0 Å². The Balaban J connectivity index is 2.46. The highest BCUT2D eigenvalue weighted by molar-refractivity contribution is 9.12. The van der Waals surface area contributed by atoms with Crippen LogP contribution in [0, 0.1) is 10.8 Å². The van der Waals surface area contributed by atoms with Crippen LogP contribution in [-0.4, -0.2) is 12.3 Å². The molecule has 0 amide bonds. The summed E-state index contributed by atoms with van der Waals surface area (Å²) in [6.45, 7) is 2.22. The van der Waals surface area contributed by atoms with Crippen LogP contribution in [0.1, 0.15) is 11.8 Å².